The molecule has 0 aliphatic heterocycles. The summed E-state index contributed by atoms with van der Waals surface area (Å²) in [5.74, 6) is 0.437. The van der Waals surface area contributed by atoms with Crippen LogP contribution in [0.3, 0.4) is 0 Å². The Balaban J connectivity index is 2.08. The van der Waals surface area contributed by atoms with Crippen LogP contribution in [0, 0.1) is 34.0 Å². The summed E-state index contributed by atoms with van der Waals surface area (Å²) in [5, 5.41) is 20.4. The van der Waals surface area contributed by atoms with Gasteiger partial charge in [-0.2, -0.15) is 10.5 Å². The molecule has 1 atom stereocenters. The molecule has 3 nitrogen and oxygen atoms in total. The summed E-state index contributed by atoms with van der Waals surface area (Å²) in [7, 11) is 1.63. The van der Waals surface area contributed by atoms with Gasteiger partial charge in [0.05, 0.1) is 19.2 Å². The number of fused-ring (bicyclic) bond motifs is 1. The van der Waals surface area contributed by atoms with Crippen LogP contribution in [0.1, 0.15) is 11.1 Å². The summed E-state index contributed by atoms with van der Waals surface area (Å²) in [6.07, 6.45) is 9.78. The molecule has 0 saturated heterocycles. The number of nitrogens with zero attached hydrogens (tertiary/aromatic N) is 2. The minimum absolute atomic E-state index is 0.329. The zero-order valence-electron chi connectivity index (χ0n) is 15.5. The molecule has 28 heavy (non-hydrogen) atoms. The van der Waals surface area contributed by atoms with Crippen molar-refractivity contribution in [3.63, 3.8) is 0 Å². The molecular formula is C25H18N2O. The van der Waals surface area contributed by atoms with Gasteiger partial charge in [0.2, 0.25) is 0 Å². The molecule has 3 heteroatoms. The zero-order chi connectivity index (χ0) is 19.6. The van der Waals surface area contributed by atoms with E-state index >= 15 is 0 Å². The zero-order valence-corrected chi connectivity index (χ0v) is 15.5. The van der Waals surface area contributed by atoms with Crippen molar-refractivity contribution in [1.29, 1.82) is 10.5 Å². The quantitative estimate of drug-likeness (QED) is 0.742. The van der Waals surface area contributed by atoms with E-state index in [-0.39, 0.29) is 5.92 Å². The maximum absolute atomic E-state index is 10.2. The van der Waals surface area contributed by atoms with Crippen LogP contribution < -0.4 is 4.74 Å². The van der Waals surface area contributed by atoms with Gasteiger partial charge < -0.3 is 4.74 Å². The van der Waals surface area contributed by atoms with E-state index in [1.807, 2.05) is 85.0 Å². The van der Waals surface area contributed by atoms with Gasteiger partial charge >= 0.3 is 0 Å². The number of methoxy groups -OCH3 is 1. The average Bonchev–Trinajstić information content (AvgIpc) is 2.87. The highest BCUT2D eigenvalue weighted by Gasteiger charge is 2.52. The highest BCUT2D eigenvalue weighted by atomic mass is 16.5. The van der Waals surface area contributed by atoms with Gasteiger partial charge in [-0.3, -0.25) is 0 Å². The molecule has 134 valence electrons. The Morgan fingerprint density at radius 3 is 2.21 bits per heavy atom. The first-order chi connectivity index (χ1) is 13.7. The predicted molar refractivity (Wildman–Crippen MR) is 110 cm³/mol. The fourth-order valence-corrected chi connectivity index (χ4v) is 4.04. The first kappa shape index (κ1) is 17.6. The van der Waals surface area contributed by atoms with E-state index in [2.05, 4.69) is 12.1 Å². The topological polar surface area (TPSA) is 56.8 Å². The minimum atomic E-state index is -1.29. The van der Waals surface area contributed by atoms with Crippen molar-refractivity contribution >= 4 is 11.1 Å². The van der Waals surface area contributed by atoms with Crippen molar-refractivity contribution in [3.8, 4) is 17.9 Å². The highest BCUT2D eigenvalue weighted by molar-refractivity contribution is 6.07. The molecule has 1 unspecified atom stereocenters. The molecule has 2 aromatic rings. The fraction of sp³-hybridized carbons (Fsp3) is 0.120. The lowest BCUT2D eigenvalue weighted by Crippen LogP contribution is -2.24. The van der Waals surface area contributed by atoms with Gasteiger partial charge in [-0.05, 0) is 34.4 Å². The summed E-state index contributed by atoms with van der Waals surface area (Å²) >= 11 is 0. The van der Waals surface area contributed by atoms with Crippen LogP contribution in [0.4, 0.5) is 0 Å². The molecule has 0 fully saturated rings. The molecule has 0 bridgehead atoms. The molecule has 2 aliphatic rings. The summed E-state index contributed by atoms with van der Waals surface area (Å²) < 4.78 is 5.30. The molecule has 0 spiro atoms. The molecule has 2 aliphatic carbocycles. The second kappa shape index (κ2) is 7.06. The third-order valence-electron chi connectivity index (χ3n) is 5.33. The molecule has 0 radical (unpaired) electrons. The van der Waals surface area contributed by atoms with Crippen LogP contribution in [0.5, 0.6) is 5.75 Å². The Bertz CT molecular complexity index is 1090. The summed E-state index contributed by atoms with van der Waals surface area (Å²) in [5.41, 5.74) is 3.26. The van der Waals surface area contributed by atoms with Gasteiger partial charge in [0, 0.05) is 11.5 Å². The molecule has 0 N–H and O–H groups in total. The van der Waals surface area contributed by atoms with E-state index in [4.69, 9.17) is 4.74 Å². The number of allylic oxidation sites excluding steroid dienone is 8. The van der Waals surface area contributed by atoms with Crippen molar-refractivity contribution in [2.24, 2.45) is 11.3 Å². The third-order valence-corrected chi connectivity index (χ3v) is 5.33. The average molecular weight is 362 g/mol. The van der Waals surface area contributed by atoms with Crippen LogP contribution in [0.15, 0.2) is 90.6 Å². The maximum atomic E-state index is 10.2. The van der Waals surface area contributed by atoms with Gasteiger partial charge in [0.25, 0.3) is 0 Å². The molecule has 0 aromatic heterocycles. The van der Waals surface area contributed by atoms with Crippen LogP contribution in [-0.2, 0) is 0 Å². The van der Waals surface area contributed by atoms with Gasteiger partial charge in [-0.1, -0.05) is 72.8 Å². The Kier molecular flexibility index (Phi) is 4.44. The van der Waals surface area contributed by atoms with Crippen LogP contribution in [-0.4, -0.2) is 7.11 Å². The standard InChI is InChI=1S/C25H18N2O/c1-28-20-14-12-18(13-15-20)23-21-10-6-3-7-11-22(21)25(16-26,17-27)24(23)19-8-4-2-5-9-19/h2-15,22H,1H3. The summed E-state index contributed by atoms with van der Waals surface area (Å²) in [6, 6.07) is 22.2. The Labute approximate surface area is 164 Å². The van der Waals surface area contributed by atoms with Crippen molar-refractivity contribution in [1.82, 2.24) is 0 Å². The molecular weight excluding hydrogens is 344 g/mol. The SMILES string of the molecule is COc1ccc(C2=C(c3ccccc3)C(C#N)(C#N)C3C=CC=CC=C23)cc1. The lowest BCUT2D eigenvalue weighted by atomic mass is 9.73. The number of ether oxygens (including phenoxy) is 1. The van der Waals surface area contributed by atoms with Gasteiger partial charge in [0.15, 0.2) is 5.41 Å². The van der Waals surface area contributed by atoms with E-state index in [0.29, 0.717) is 0 Å². The molecule has 0 saturated carbocycles. The Morgan fingerprint density at radius 1 is 0.857 bits per heavy atom. The van der Waals surface area contributed by atoms with E-state index in [9.17, 15) is 10.5 Å². The first-order valence-electron chi connectivity index (χ1n) is 9.07. The number of hydrogen-bond donors (Lipinski definition) is 0. The monoisotopic (exact) mass is 362 g/mol. The van der Waals surface area contributed by atoms with Crippen molar-refractivity contribution < 1.29 is 4.74 Å². The largest absolute Gasteiger partial charge is 0.497 e. The molecule has 2 aromatic carbocycles. The van der Waals surface area contributed by atoms with Crippen LogP contribution >= 0.6 is 0 Å². The number of hydrogen-bond acceptors (Lipinski definition) is 3. The minimum Gasteiger partial charge on any atom is -0.497 e. The van der Waals surface area contributed by atoms with E-state index in [1.54, 1.807) is 7.11 Å². The lowest BCUT2D eigenvalue weighted by Gasteiger charge is -2.23. The fourth-order valence-electron chi connectivity index (χ4n) is 4.04. The Hall–Kier alpha value is -3.82. The predicted octanol–water partition coefficient (Wildman–Crippen LogP) is 5.32. The van der Waals surface area contributed by atoms with Gasteiger partial charge in [-0.15, -0.1) is 0 Å². The molecule has 0 amide bonds. The van der Waals surface area contributed by atoms with E-state index in [0.717, 1.165) is 33.6 Å². The maximum Gasteiger partial charge on any atom is 0.180 e. The van der Waals surface area contributed by atoms with Gasteiger partial charge in [0.1, 0.15) is 5.75 Å². The first-order valence-corrected chi connectivity index (χ1v) is 9.07. The summed E-state index contributed by atoms with van der Waals surface area (Å²) in [6.45, 7) is 0. The van der Waals surface area contributed by atoms with Crippen molar-refractivity contribution in [2.75, 3.05) is 7.11 Å². The summed E-state index contributed by atoms with van der Waals surface area (Å²) in [4.78, 5) is 0. The number of benzene rings is 2. The van der Waals surface area contributed by atoms with Crippen molar-refractivity contribution in [2.45, 2.75) is 0 Å². The van der Waals surface area contributed by atoms with Crippen LogP contribution in [0.25, 0.3) is 11.1 Å². The normalized spacial score (nSPS) is 19.2. The molecule has 4 rings (SSSR count). The third kappa shape index (κ3) is 2.57. The second-order valence-corrected chi connectivity index (χ2v) is 6.75. The number of nitriles is 2. The highest BCUT2D eigenvalue weighted by Crippen LogP contribution is 2.58. The smallest absolute Gasteiger partial charge is 0.180 e. The van der Waals surface area contributed by atoms with E-state index < -0.39 is 5.41 Å². The Morgan fingerprint density at radius 2 is 1.57 bits per heavy atom. The van der Waals surface area contributed by atoms with E-state index in [1.165, 1.54) is 0 Å². The number of rotatable bonds is 3. The second-order valence-electron chi connectivity index (χ2n) is 6.75. The van der Waals surface area contributed by atoms with Crippen LogP contribution in [0.2, 0.25) is 0 Å². The van der Waals surface area contributed by atoms with Gasteiger partial charge in [-0.25, -0.2) is 0 Å². The van der Waals surface area contributed by atoms with Crippen molar-refractivity contribution in [3.05, 3.63) is 102 Å². The molecule has 0 heterocycles. The lowest BCUT2D eigenvalue weighted by molar-refractivity contribution is 0.415.